The molecule has 0 aliphatic heterocycles. The Kier molecular flexibility index (Phi) is 7.00. The van der Waals surface area contributed by atoms with Crippen molar-refractivity contribution in [1.29, 1.82) is 0 Å². The highest BCUT2D eigenvalue weighted by Crippen LogP contribution is 2.49. The molecule has 0 saturated heterocycles. The summed E-state index contributed by atoms with van der Waals surface area (Å²) in [6.07, 6.45) is -14.0. The van der Waals surface area contributed by atoms with E-state index in [1.165, 1.54) is 0 Å². The Morgan fingerprint density at radius 3 is 1.27 bits per heavy atom. The van der Waals surface area contributed by atoms with Gasteiger partial charge in [-0.2, -0.15) is 61.5 Å². The molecule has 0 heterocycles. The van der Waals surface area contributed by atoms with Crippen molar-refractivity contribution in [2.75, 3.05) is 0 Å². The predicted molar refractivity (Wildman–Crippen MR) is 74.3 cm³/mol. The van der Waals surface area contributed by atoms with Crippen LogP contribution in [0.3, 0.4) is 0 Å². The van der Waals surface area contributed by atoms with Crippen molar-refractivity contribution in [2.24, 2.45) is 0 Å². The van der Waals surface area contributed by atoms with Crippen molar-refractivity contribution in [3.63, 3.8) is 0 Å². The molecular weight excluding hydrogens is 510 g/mol. The summed E-state index contributed by atoms with van der Waals surface area (Å²) in [5.74, 6) is -38.2. The number of halogens is 14. The van der Waals surface area contributed by atoms with E-state index in [2.05, 4.69) is 9.47 Å². The summed E-state index contributed by atoms with van der Waals surface area (Å²) in [5, 5.41) is 0. The maximum atomic E-state index is 13.4. The Hall–Kier alpha value is -2.82. The van der Waals surface area contributed by atoms with E-state index in [1.807, 2.05) is 0 Å². The molecule has 1 aromatic rings. The molecule has 0 saturated carbocycles. The summed E-state index contributed by atoms with van der Waals surface area (Å²) in [6.45, 7) is 0.984. The van der Waals surface area contributed by atoms with Crippen molar-refractivity contribution in [2.45, 2.75) is 43.0 Å². The van der Waals surface area contributed by atoms with Crippen LogP contribution in [0.15, 0.2) is 18.2 Å². The Balaban J connectivity index is 3.35. The van der Waals surface area contributed by atoms with Crippen LogP contribution < -0.4 is 9.47 Å². The van der Waals surface area contributed by atoms with Crippen molar-refractivity contribution < 1.29 is 80.5 Å². The third kappa shape index (κ3) is 4.92. The molecule has 0 N–H and O–H groups in total. The Bertz CT molecular complexity index is 916. The van der Waals surface area contributed by atoms with Crippen LogP contribution in [0.25, 0.3) is 0 Å². The van der Waals surface area contributed by atoms with Crippen LogP contribution in [0.2, 0.25) is 0 Å². The first-order valence-electron chi connectivity index (χ1n) is 7.61. The molecule has 1 rings (SSSR count). The highest BCUT2D eigenvalue weighted by atomic mass is 19.4. The lowest BCUT2D eigenvalue weighted by atomic mass is 10.1. The first-order chi connectivity index (χ1) is 14.4. The van der Waals surface area contributed by atoms with Crippen molar-refractivity contribution in [3.8, 4) is 11.5 Å². The third-order valence-electron chi connectivity index (χ3n) is 3.52. The summed E-state index contributed by atoms with van der Waals surface area (Å²) in [7, 11) is 0. The lowest BCUT2D eigenvalue weighted by molar-refractivity contribution is -0.347. The van der Waals surface area contributed by atoms with Crippen LogP contribution >= 0.6 is 0 Å². The molecule has 0 unspecified atom stereocenters. The summed E-state index contributed by atoms with van der Waals surface area (Å²) in [5.41, 5.74) is -0.254. The normalized spacial score (nSPS) is 14.2. The predicted octanol–water partition coefficient (Wildman–Crippen LogP) is 5.47. The van der Waals surface area contributed by atoms with Crippen molar-refractivity contribution >= 4 is 11.9 Å². The van der Waals surface area contributed by atoms with Crippen LogP contribution in [-0.2, 0) is 9.59 Å². The van der Waals surface area contributed by atoms with E-state index in [1.54, 1.807) is 0 Å². The van der Waals surface area contributed by atoms with Gasteiger partial charge in [-0.05, 0) is 24.6 Å². The van der Waals surface area contributed by atoms with Gasteiger partial charge in [0, 0.05) is 0 Å². The fourth-order valence-electron chi connectivity index (χ4n) is 1.72. The van der Waals surface area contributed by atoms with Gasteiger partial charge in [0.05, 0.1) is 0 Å². The summed E-state index contributed by atoms with van der Waals surface area (Å²) in [4.78, 5) is 22.5. The van der Waals surface area contributed by atoms with Crippen LogP contribution in [0.1, 0.15) is 5.56 Å². The minimum absolute atomic E-state index is 0.192. The number of carbonyl (C=O) groups excluding carboxylic acids is 2. The lowest BCUT2D eigenvalue weighted by Gasteiger charge is -2.27. The second kappa shape index (κ2) is 8.19. The lowest BCUT2D eigenvalue weighted by Crippen LogP contribution is -2.57. The zero-order valence-corrected chi connectivity index (χ0v) is 15.2. The summed E-state index contributed by atoms with van der Waals surface area (Å²) in [6, 6.07) is 1.11. The van der Waals surface area contributed by atoms with E-state index in [0.29, 0.717) is 6.07 Å². The number of alkyl halides is 14. The molecule has 0 aliphatic carbocycles. The first-order valence-corrected chi connectivity index (χ1v) is 7.61. The van der Waals surface area contributed by atoms with Crippen LogP contribution in [-0.4, -0.2) is 48.0 Å². The van der Waals surface area contributed by atoms with E-state index >= 15 is 0 Å². The second-order valence-corrected chi connectivity index (χ2v) is 6.02. The molecule has 0 fully saturated rings. The van der Waals surface area contributed by atoms with Gasteiger partial charge in [-0.15, -0.1) is 0 Å². The van der Waals surface area contributed by atoms with E-state index < -0.39 is 59.5 Å². The molecule has 18 heteroatoms. The molecule has 0 aromatic heterocycles. The van der Waals surface area contributed by atoms with Gasteiger partial charge in [-0.25, -0.2) is 9.59 Å². The number of hydrogen-bond donors (Lipinski definition) is 0. The number of rotatable bonds is 6. The van der Waals surface area contributed by atoms with E-state index in [4.69, 9.17) is 0 Å². The maximum Gasteiger partial charge on any atom is 0.460 e. The van der Waals surface area contributed by atoms with Gasteiger partial charge in [0.2, 0.25) is 0 Å². The van der Waals surface area contributed by atoms with E-state index in [0.717, 1.165) is 6.92 Å². The largest absolute Gasteiger partial charge is 0.460 e. The number of esters is 2. The Morgan fingerprint density at radius 1 is 0.606 bits per heavy atom. The zero-order chi connectivity index (χ0) is 26.4. The molecule has 4 nitrogen and oxygen atoms in total. The topological polar surface area (TPSA) is 52.6 Å². The van der Waals surface area contributed by atoms with Gasteiger partial charge in [-0.1, -0.05) is 6.07 Å². The van der Waals surface area contributed by atoms with Gasteiger partial charge in [0.1, 0.15) is 0 Å². The average molecular weight is 516 g/mol. The molecule has 0 spiro atoms. The smallest absolute Gasteiger partial charge is 0.418 e. The first kappa shape index (κ1) is 28.2. The summed E-state index contributed by atoms with van der Waals surface area (Å²) >= 11 is 0. The molecular formula is C15H6F14O4. The zero-order valence-electron chi connectivity index (χ0n) is 15.2. The monoisotopic (exact) mass is 516 g/mol. The van der Waals surface area contributed by atoms with Gasteiger partial charge in [0.25, 0.3) is 0 Å². The van der Waals surface area contributed by atoms with Crippen LogP contribution in [0.4, 0.5) is 61.5 Å². The van der Waals surface area contributed by atoms with E-state index in [-0.39, 0.29) is 17.7 Å². The minimum Gasteiger partial charge on any atom is -0.418 e. The van der Waals surface area contributed by atoms with Crippen LogP contribution in [0.5, 0.6) is 11.5 Å². The van der Waals surface area contributed by atoms with Crippen LogP contribution in [0, 0.1) is 6.92 Å². The third-order valence-corrected chi connectivity index (χ3v) is 3.52. The highest BCUT2D eigenvalue weighted by molar-refractivity contribution is 5.84. The number of benzene rings is 1. The molecule has 0 aliphatic rings. The minimum atomic E-state index is -7.03. The number of carbonyl (C=O) groups is 2. The molecule has 33 heavy (non-hydrogen) atoms. The second-order valence-electron chi connectivity index (χ2n) is 6.02. The highest BCUT2D eigenvalue weighted by Gasteiger charge is 2.78. The maximum absolute atomic E-state index is 13.4. The summed E-state index contributed by atoms with van der Waals surface area (Å²) < 4.78 is 185. The van der Waals surface area contributed by atoms with Crippen molar-refractivity contribution in [3.05, 3.63) is 23.8 Å². The van der Waals surface area contributed by atoms with E-state index in [9.17, 15) is 71.1 Å². The standard InChI is InChI=1S/C15H6F14O4/c1-5-2-3-6(32-8(30)10(16,17)12(20,21)14(24,25)26)7(4-5)33-9(31)11(18,19)13(22,23)15(27,28)29/h2-4H,1H3. The number of hydrogen-bond acceptors (Lipinski definition) is 4. The average Bonchev–Trinajstić information content (AvgIpc) is 2.61. The number of ether oxygens (including phenoxy) is 2. The molecule has 0 radical (unpaired) electrons. The number of aryl methyl sites for hydroxylation is 1. The molecule has 0 bridgehead atoms. The fraction of sp³-hybridized carbons (Fsp3) is 0.467. The Labute approximate surface area is 172 Å². The van der Waals surface area contributed by atoms with Gasteiger partial charge < -0.3 is 9.47 Å². The molecule has 0 amide bonds. The Morgan fingerprint density at radius 2 is 0.939 bits per heavy atom. The fourth-order valence-corrected chi connectivity index (χ4v) is 1.72. The molecule has 0 atom stereocenters. The SMILES string of the molecule is Cc1ccc(OC(=O)C(F)(F)C(F)(F)C(F)(F)F)c(OC(=O)C(F)(F)C(F)(F)C(F)(F)F)c1. The van der Waals surface area contributed by atoms with Gasteiger partial charge in [0.15, 0.2) is 11.5 Å². The molecule has 1 aromatic carbocycles. The quantitative estimate of drug-likeness (QED) is 0.286. The molecule has 188 valence electrons. The van der Waals surface area contributed by atoms with Crippen molar-refractivity contribution in [1.82, 2.24) is 0 Å². The van der Waals surface area contributed by atoms with Gasteiger partial charge >= 0.3 is 48.0 Å². The van der Waals surface area contributed by atoms with Gasteiger partial charge in [-0.3, -0.25) is 0 Å².